The van der Waals surface area contributed by atoms with Crippen LogP contribution < -0.4 is 10.6 Å². The lowest BCUT2D eigenvalue weighted by Gasteiger charge is -2.23. The number of aromatic amines is 1. The molecule has 1 heterocycles. The molecule has 1 aromatic heterocycles. The molecule has 4 atom stereocenters. The van der Waals surface area contributed by atoms with Crippen LogP contribution in [0.4, 0.5) is 0 Å². The van der Waals surface area contributed by atoms with Gasteiger partial charge < -0.3 is 30.6 Å². The summed E-state index contributed by atoms with van der Waals surface area (Å²) in [5, 5.41) is 24.4. The van der Waals surface area contributed by atoms with Crippen LogP contribution >= 0.6 is 0 Å². The Balaban J connectivity index is 2.13. The number of carbonyl (C=O) groups is 3. The van der Waals surface area contributed by atoms with Gasteiger partial charge in [0.25, 0.3) is 5.91 Å². The van der Waals surface area contributed by atoms with E-state index < -0.39 is 42.1 Å². The largest absolute Gasteiger partial charge is 0.467 e. The molecule has 2 rings (SSSR count). The Morgan fingerprint density at radius 1 is 1.10 bits per heavy atom. The zero-order valence-electron chi connectivity index (χ0n) is 16.6. The highest BCUT2D eigenvalue weighted by molar-refractivity contribution is 5.93. The smallest absolute Gasteiger partial charge is 0.338 e. The molecule has 0 aliphatic rings. The number of benzene rings is 1. The van der Waals surface area contributed by atoms with E-state index >= 15 is 0 Å². The van der Waals surface area contributed by atoms with E-state index in [1.807, 2.05) is 0 Å². The molecule has 0 saturated carbocycles. The fourth-order valence-corrected chi connectivity index (χ4v) is 2.72. The highest BCUT2D eigenvalue weighted by atomic mass is 16.5. The van der Waals surface area contributed by atoms with Crippen molar-refractivity contribution in [3.05, 3.63) is 54.1 Å². The SMILES string of the molecule is COC(=O)C(O)C(O)C(=O)NC(Cc1ccccc1)C(=O)NC([C]=O)Cc1c[nH]cn1. The van der Waals surface area contributed by atoms with Crippen LogP contribution in [-0.2, 0) is 36.8 Å². The number of aliphatic hydroxyl groups excluding tert-OH is 2. The van der Waals surface area contributed by atoms with Crippen LogP contribution in [-0.4, -0.2) is 75.7 Å². The first-order valence-corrected chi connectivity index (χ1v) is 9.29. The lowest BCUT2D eigenvalue weighted by molar-refractivity contribution is -0.161. The number of aromatic nitrogens is 2. The van der Waals surface area contributed by atoms with Crippen molar-refractivity contribution in [3.63, 3.8) is 0 Å². The van der Waals surface area contributed by atoms with Crippen LogP contribution in [0.5, 0.6) is 0 Å². The minimum absolute atomic E-state index is 0.0213. The number of esters is 1. The highest BCUT2D eigenvalue weighted by Gasteiger charge is 2.34. The summed E-state index contributed by atoms with van der Waals surface area (Å²) < 4.78 is 4.29. The first-order valence-electron chi connectivity index (χ1n) is 9.29. The van der Waals surface area contributed by atoms with E-state index in [2.05, 4.69) is 25.3 Å². The van der Waals surface area contributed by atoms with Gasteiger partial charge >= 0.3 is 5.97 Å². The second kappa shape index (κ2) is 11.6. The van der Waals surface area contributed by atoms with E-state index in [4.69, 9.17) is 0 Å². The molecule has 165 valence electrons. The van der Waals surface area contributed by atoms with E-state index in [-0.39, 0.29) is 12.8 Å². The van der Waals surface area contributed by atoms with Crippen LogP contribution in [0.3, 0.4) is 0 Å². The summed E-state index contributed by atoms with van der Waals surface area (Å²) in [6, 6.07) is 6.44. The molecule has 0 aliphatic heterocycles. The summed E-state index contributed by atoms with van der Waals surface area (Å²) in [7, 11) is 0.983. The Hall–Kier alpha value is -3.57. The number of methoxy groups -OCH3 is 1. The molecule has 2 aromatic rings. The number of amides is 2. The molecule has 0 aliphatic carbocycles. The van der Waals surface area contributed by atoms with Crippen molar-refractivity contribution >= 4 is 24.1 Å². The number of ether oxygens (including phenoxy) is 1. The summed E-state index contributed by atoms with van der Waals surface area (Å²) in [5.41, 5.74) is 1.21. The molecule has 1 radical (unpaired) electrons. The van der Waals surface area contributed by atoms with Gasteiger partial charge in [0.2, 0.25) is 12.2 Å². The van der Waals surface area contributed by atoms with Crippen molar-refractivity contribution in [2.75, 3.05) is 7.11 Å². The number of carbonyl (C=O) groups excluding carboxylic acids is 4. The van der Waals surface area contributed by atoms with Gasteiger partial charge in [-0.15, -0.1) is 0 Å². The van der Waals surface area contributed by atoms with E-state index in [1.165, 1.54) is 6.33 Å². The summed E-state index contributed by atoms with van der Waals surface area (Å²) >= 11 is 0. The highest BCUT2D eigenvalue weighted by Crippen LogP contribution is 2.06. The number of hydrogen-bond acceptors (Lipinski definition) is 8. The molecular formula is C20H23N4O7. The molecule has 2 amide bonds. The molecule has 31 heavy (non-hydrogen) atoms. The van der Waals surface area contributed by atoms with Gasteiger partial charge in [0.1, 0.15) is 12.1 Å². The summed E-state index contributed by atoms with van der Waals surface area (Å²) in [6.45, 7) is 0. The number of H-pyrrole nitrogens is 1. The normalized spacial score (nSPS) is 14.5. The van der Waals surface area contributed by atoms with E-state index in [0.717, 1.165) is 7.11 Å². The predicted molar refractivity (Wildman–Crippen MR) is 106 cm³/mol. The maximum atomic E-state index is 12.8. The number of rotatable bonds is 11. The fraction of sp³-hybridized carbons (Fsp3) is 0.350. The Labute approximate surface area is 177 Å². The van der Waals surface area contributed by atoms with Crippen LogP contribution in [0, 0.1) is 0 Å². The van der Waals surface area contributed by atoms with Crippen molar-refractivity contribution in [1.29, 1.82) is 0 Å². The molecule has 5 N–H and O–H groups in total. The van der Waals surface area contributed by atoms with Crippen molar-refractivity contribution in [2.45, 2.75) is 37.1 Å². The summed E-state index contributed by atoms with van der Waals surface area (Å²) in [4.78, 5) is 54.5. The van der Waals surface area contributed by atoms with E-state index in [0.29, 0.717) is 11.3 Å². The van der Waals surface area contributed by atoms with Gasteiger partial charge in [-0.2, -0.15) is 0 Å². The Bertz CT molecular complexity index is 873. The fourth-order valence-electron chi connectivity index (χ4n) is 2.72. The van der Waals surface area contributed by atoms with Gasteiger partial charge in [0.15, 0.2) is 12.2 Å². The second-order valence-corrected chi connectivity index (χ2v) is 6.61. The van der Waals surface area contributed by atoms with Gasteiger partial charge in [-0.3, -0.25) is 14.4 Å². The first-order chi connectivity index (χ1) is 14.8. The Morgan fingerprint density at radius 3 is 2.39 bits per heavy atom. The van der Waals surface area contributed by atoms with Crippen molar-refractivity contribution in [3.8, 4) is 0 Å². The summed E-state index contributed by atoms with van der Waals surface area (Å²) in [5.74, 6) is -3.09. The Kier molecular flexibility index (Phi) is 8.85. The van der Waals surface area contributed by atoms with Gasteiger partial charge in [0.05, 0.1) is 19.1 Å². The average Bonchev–Trinajstić information content (AvgIpc) is 3.30. The van der Waals surface area contributed by atoms with Crippen LogP contribution in [0.2, 0.25) is 0 Å². The van der Waals surface area contributed by atoms with Gasteiger partial charge in [-0.25, -0.2) is 9.78 Å². The summed E-state index contributed by atoms with van der Waals surface area (Å²) in [6.07, 6.45) is 0.508. The van der Waals surface area contributed by atoms with Crippen molar-refractivity contribution in [2.24, 2.45) is 0 Å². The lowest BCUT2D eigenvalue weighted by atomic mass is 10.0. The maximum absolute atomic E-state index is 12.8. The minimum Gasteiger partial charge on any atom is -0.467 e. The molecule has 0 spiro atoms. The average molecular weight is 431 g/mol. The minimum atomic E-state index is -2.16. The predicted octanol–water partition coefficient (Wildman–Crippen LogP) is -1.83. The maximum Gasteiger partial charge on any atom is 0.338 e. The van der Waals surface area contributed by atoms with Crippen LogP contribution in [0.15, 0.2) is 42.9 Å². The lowest BCUT2D eigenvalue weighted by Crippen LogP contribution is -2.55. The van der Waals surface area contributed by atoms with Crippen molar-refractivity contribution < 1.29 is 34.1 Å². The van der Waals surface area contributed by atoms with Gasteiger partial charge in [0, 0.05) is 19.0 Å². The zero-order chi connectivity index (χ0) is 22.8. The molecule has 1 aromatic carbocycles. The quantitative estimate of drug-likeness (QED) is 0.259. The van der Waals surface area contributed by atoms with Gasteiger partial charge in [-0.05, 0) is 5.56 Å². The second-order valence-electron chi connectivity index (χ2n) is 6.61. The number of nitrogens with one attached hydrogen (secondary N) is 3. The Morgan fingerprint density at radius 2 is 1.81 bits per heavy atom. The number of hydrogen-bond donors (Lipinski definition) is 5. The molecule has 0 bridgehead atoms. The molecule has 0 saturated heterocycles. The number of aliphatic hydroxyl groups is 2. The monoisotopic (exact) mass is 431 g/mol. The molecular weight excluding hydrogens is 408 g/mol. The third-order valence-corrected chi connectivity index (χ3v) is 4.35. The van der Waals surface area contributed by atoms with Crippen LogP contribution in [0.1, 0.15) is 11.3 Å². The third-order valence-electron chi connectivity index (χ3n) is 4.35. The third kappa shape index (κ3) is 7.01. The van der Waals surface area contributed by atoms with E-state index in [9.17, 15) is 29.4 Å². The number of imidazole rings is 1. The topological polar surface area (TPSA) is 171 Å². The standard InChI is InChI=1S/C20H23N4O7/c1-31-20(30)17(27)16(26)19(29)24-15(7-12-5-3-2-4-6-12)18(28)23-14(10-25)8-13-9-21-11-22-13/h2-6,9,11,14-17,26-27H,7-8H2,1H3,(H,21,22)(H,23,28)(H,24,29). The zero-order valence-corrected chi connectivity index (χ0v) is 16.6. The van der Waals surface area contributed by atoms with Crippen LogP contribution in [0.25, 0.3) is 0 Å². The van der Waals surface area contributed by atoms with E-state index in [1.54, 1.807) is 42.8 Å². The van der Waals surface area contributed by atoms with Gasteiger partial charge in [-0.1, -0.05) is 30.3 Å². The number of nitrogens with zero attached hydrogens (tertiary/aromatic N) is 1. The van der Waals surface area contributed by atoms with Crippen molar-refractivity contribution in [1.82, 2.24) is 20.6 Å². The molecule has 11 heteroatoms. The molecule has 11 nitrogen and oxygen atoms in total. The molecule has 0 fully saturated rings. The first kappa shape index (κ1) is 23.7. The molecule has 4 unspecified atom stereocenters.